The van der Waals surface area contributed by atoms with Gasteiger partial charge in [-0.25, -0.2) is 0 Å². The molecule has 0 saturated carbocycles. The highest BCUT2D eigenvalue weighted by Gasteiger charge is 2.09. The predicted octanol–water partition coefficient (Wildman–Crippen LogP) is 2.14. The number of ketones is 1. The van der Waals surface area contributed by atoms with Gasteiger partial charge in [-0.3, -0.25) is 4.79 Å². The summed E-state index contributed by atoms with van der Waals surface area (Å²) in [4.78, 5) is 13.7. The third kappa shape index (κ3) is 2.73. The van der Waals surface area contributed by atoms with Crippen molar-refractivity contribution in [3.63, 3.8) is 0 Å². The molecule has 0 aliphatic heterocycles. The van der Waals surface area contributed by atoms with Crippen LogP contribution in [0.2, 0.25) is 0 Å². The molecule has 0 atom stereocenters. The second-order valence-electron chi connectivity index (χ2n) is 3.26. The van der Waals surface area contributed by atoms with Crippen molar-refractivity contribution >= 4 is 17.5 Å². The number of nitrogens with one attached hydrogen (secondary N) is 1. The number of Topliss-reactive ketones (excluding diaryl/α,β-unsaturated/α-hetero) is 1. The molecule has 0 aliphatic rings. The first-order valence-corrected chi connectivity index (χ1v) is 5.84. The van der Waals surface area contributed by atoms with Gasteiger partial charge in [0, 0.05) is 18.4 Å². The summed E-state index contributed by atoms with van der Waals surface area (Å²) in [6.07, 6.45) is 2.31. The van der Waals surface area contributed by atoms with Gasteiger partial charge in [0.15, 0.2) is 0 Å². The first kappa shape index (κ1) is 10.9. The van der Waals surface area contributed by atoms with E-state index in [1.165, 1.54) is 11.8 Å². The number of nitrogens with zero attached hydrogens (tertiary/aromatic N) is 2. The lowest BCUT2D eigenvalue weighted by Gasteiger charge is -1.92. The average Bonchev–Trinajstić information content (AvgIpc) is 2.85. The fourth-order valence-electron chi connectivity index (χ4n) is 1.12. The number of carbonyl (C=O) groups excluding carboxylic acids is 1. The highest BCUT2D eigenvalue weighted by molar-refractivity contribution is 7.99. The fourth-order valence-corrected chi connectivity index (χ4v) is 1.92. The van der Waals surface area contributed by atoms with Crippen LogP contribution in [0.4, 0.5) is 0 Å². The van der Waals surface area contributed by atoms with Gasteiger partial charge >= 0.3 is 0 Å². The summed E-state index contributed by atoms with van der Waals surface area (Å²) in [6, 6.07) is 3.72. The minimum absolute atomic E-state index is 0.164. The number of aromatic amines is 1. The summed E-state index contributed by atoms with van der Waals surface area (Å²) < 4.78 is 5.41. The quantitative estimate of drug-likeness (QED) is 0.806. The van der Waals surface area contributed by atoms with Crippen LogP contribution in [0.5, 0.6) is 0 Å². The standard InChI is InChI=1S/C10H11N3O2S/c1-7(14)4-6-16-10-13-12-9(15-10)8-3-2-5-11-8/h2-3,5,11H,4,6H2,1H3. The molecule has 0 unspecified atom stereocenters. The zero-order chi connectivity index (χ0) is 11.4. The first-order valence-electron chi connectivity index (χ1n) is 4.85. The van der Waals surface area contributed by atoms with Crippen molar-refractivity contribution in [1.82, 2.24) is 15.2 Å². The molecule has 0 radical (unpaired) electrons. The maximum Gasteiger partial charge on any atom is 0.276 e. The highest BCUT2D eigenvalue weighted by atomic mass is 32.2. The number of hydrogen-bond acceptors (Lipinski definition) is 5. The van der Waals surface area contributed by atoms with Crippen LogP contribution in [0.3, 0.4) is 0 Å². The molecule has 2 heterocycles. The van der Waals surface area contributed by atoms with E-state index in [4.69, 9.17) is 4.42 Å². The third-order valence-corrected chi connectivity index (χ3v) is 2.73. The molecule has 2 aromatic rings. The second kappa shape index (κ2) is 4.98. The van der Waals surface area contributed by atoms with Crippen molar-refractivity contribution in [3.05, 3.63) is 18.3 Å². The van der Waals surface area contributed by atoms with E-state index in [2.05, 4.69) is 15.2 Å². The van der Waals surface area contributed by atoms with Crippen molar-refractivity contribution in [2.45, 2.75) is 18.6 Å². The molecular weight excluding hydrogens is 226 g/mol. The molecule has 2 rings (SSSR count). The van der Waals surface area contributed by atoms with E-state index in [1.807, 2.05) is 12.1 Å². The molecular formula is C10H11N3O2S. The zero-order valence-electron chi connectivity index (χ0n) is 8.77. The number of H-pyrrole nitrogens is 1. The lowest BCUT2D eigenvalue weighted by molar-refractivity contribution is -0.116. The molecule has 6 heteroatoms. The van der Waals surface area contributed by atoms with Gasteiger partial charge in [-0.05, 0) is 19.1 Å². The van der Waals surface area contributed by atoms with E-state index in [9.17, 15) is 4.79 Å². The molecule has 2 aromatic heterocycles. The minimum Gasteiger partial charge on any atom is -0.410 e. The van der Waals surface area contributed by atoms with Crippen LogP contribution >= 0.6 is 11.8 Å². The predicted molar refractivity (Wildman–Crippen MR) is 60.1 cm³/mol. The molecule has 0 amide bonds. The van der Waals surface area contributed by atoms with Crippen molar-refractivity contribution in [2.24, 2.45) is 0 Å². The summed E-state index contributed by atoms with van der Waals surface area (Å²) in [5, 5.41) is 8.28. The van der Waals surface area contributed by atoms with Crippen molar-refractivity contribution in [3.8, 4) is 11.6 Å². The Balaban J connectivity index is 1.95. The van der Waals surface area contributed by atoms with Gasteiger partial charge in [0.1, 0.15) is 11.5 Å². The molecule has 5 nitrogen and oxygen atoms in total. The van der Waals surface area contributed by atoms with Gasteiger partial charge in [-0.15, -0.1) is 10.2 Å². The molecule has 0 aromatic carbocycles. The summed E-state index contributed by atoms with van der Waals surface area (Å²) in [5.74, 6) is 1.30. The lowest BCUT2D eigenvalue weighted by Crippen LogP contribution is -1.91. The SMILES string of the molecule is CC(=O)CCSc1nnc(-c2ccc[nH]2)o1. The first-order chi connectivity index (χ1) is 7.75. The maximum atomic E-state index is 10.7. The third-order valence-electron chi connectivity index (χ3n) is 1.91. The summed E-state index contributed by atoms with van der Waals surface area (Å²) >= 11 is 1.39. The van der Waals surface area contributed by atoms with Crippen LogP contribution in [0.1, 0.15) is 13.3 Å². The monoisotopic (exact) mass is 237 g/mol. The second-order valence-corrected chi connectivity index (χ2v) is 4.30. The summed E-state index contributed by atoms with van der Waals surface area (Å²) in [5.41, 5.74) is 0.797. The van der Waals surface area contributed by atoms with E-state index >= 15 is 0 Å². The number of hydrogen-bond donors (Lipinski definition) is 1. The van der Waals surface area contributed by atoms with Gasteiger partial charge in [0.25, 0.3) is 11.1 Å². The van der Waals surface area contributed by atoms with Crippen LogP contribution in [-0.2, 0) is 4.79 Å². The van der Waals surface area contributed by atoms with Gasteiger partial charge in [-0.1, -0.05) is 11.8 Å². The average molecular weight is 237 g/mol. The van der Waals surface area contributed by atoms with Crippen LogP contribution in [0.15, 0.2) is 28.0 Å². The number of aromatic nitrogens is 3. The Kier molecular flexibility index (Phi) is 3.40. The topological polar surface area (TPSA) is 71.8 Å². The van der Waals surface area contributed by atoms with E-state index in [1.54, 1.807) is 13.1 Å². The fraction of sp³-hybridized carbons (Fsp3) is 0.300. The molecule has 0 fully saturated rings. The Morgan fingerprint density at radius 1 is 1.56 bits per heavy atom. The molecule has 0 saturated heterocycles. The molecule has 0 spiro atoms. The van der Waals surface area contributed by atoms with Crippen molar-refractivity contribution < 1.29 is 9.21 Å². The molecule has 0 bridgehead atoms. The van der Waals surface area contributed by atoms with Crippen LogP contribution < -0.4 is 0 Å². The number of carbonyl (C=O) groups is 1. The Morgan fingerprint density at radius 2 is 2.44 bits per heavy atom. The van der Waals surface area contributed by atoms with E-state index in [0.29, 0.717) is 23.3 Å². The van der Waals surface area contributed by atoms with Crippen molar-refractivity contribution in [2.75, 3.05) is 5.75 Å². The van der Waals surface area contributed by atoms with Crippen LogP contribution in [-0.4, -0.2) is 26.7 Å². The zero-order valence-corrected chi connectivity index (χ0v) is 9.58. The Hall–Kier alpha value is -1.56. The normalized spacial score (nSPS) is 10.6. The van der Waals surface area contributed by atoms with Crippen molar-refractivity contribution in [1.29, 1.82) is 0 Å². The van der Waals surface area contributed by atoms with Gasteiger partial charge in [0.05, 0.1) is 0 Å². The van der Waals surface area contributed by atoms with Crippen LogP contribution in [0.25, 0.3) is 11.6 Å². The Labute approximate surface area is 96.6 Å². The molecule has 16 heavy (non-hydrogen) atoms. The Bertz CT molecular complexity index is 464. The van der Waals surface area contributed by atoms with Gasteiger partial charge in [0.2, 0.25) is 0 Å². The Morgan fingerprint density at radius 3 is 3.12 bits per heavy atom. The summed E-state index contributed by atoms with van der Waals surface area (Å²) in [7, 11) is 0. The van der Waals surface area contributed by atoms with E-state index in [0.717, 1.165) is 5.69 Å². The molecule has 84 valence electrons. The maximum absolute atomic E-state index is 10.7. The minimum atomic E-state index is 0.164. The number of thioether (sulfide) groups is 1. The molecule has 0 aliphatic carbocycles. The van der Waals surface area contributed by atoms with Crippen LogP contribution in [0, 0.1) is 0 Å². The molecule has 1 N–H and O–H groups in total. The largest absolute Gasteiger partial charge is 0.410 e. The highest BCUT2D eigenvalue weighted by Crippen LogP contribution is 2.22. The van der Waals surface area contributed by atoms with Gasteiger partial charge < -0.3 is 9.40 Å². The van der Waals surface area contributed by atoms with Gasteiger partial charge in [-0.2, -0.15) is 0 Å². The summed E-state index contributed by atoms with van der Waals surface area (Å²) in [6.45, 7) is 1.57. The number of rotatable bonds is 5. The van der Waals surface area contributed by atoms with E-state index < -0.39 is 0 Å². The smallest absolute Gasteiger partial charge is 0.276 e. The van der Waals surface area contributed by atoms with E-state index in [-0.39, 0.29) is 5.78 Å². The lowest BCUT2D eigenvalue weighted by atomic mass is 10.4.